The molecule has 0 aliphatic carbocycles. The number of likely N-dealkylation sites (N-methyl/N-ethyl adjacent to an activating group) is 1. The summed E-state index contributed by atoms with van der Waals surface area (Å²) in [6.45, 7) is 5.08. The number of aromatic nitrogens is 4. The number of thiophene rings is 1. The van der Waals surface area contributed by atoms with E-state index in [1.807, 2.05) is 13.0 Å². The number of aliphatic carboxylic acids is 1. The fourth-order valence-electron chi connectivity index (χ4n) is 7.29. The molecule has 0 spiro atoms. The number of piperazine rings is 1. The Morgan fingerprint density at radius 2 is 1.79 bits per heavy atom. The first-order valence-corrected chi connectivity index (χ1v) is 21.2. The van der Waals surface area contributed by atoms with E-state index in [1.165, 1.54) is 42.1 Å². The molecule has 3 aromatic heterocycles. The van der Waals surface area contributed by atoms with Gasteiger partial charge < -0.3 is 33.7 Å². The topological polar surface area (TPSA) is 141 Å². The molecular formula is C44H41ClF4N6O7S. The maximum atomic E-state index is 14.2. The van der Waals surface area contributed by atoms with Crippen molar-refractivity contribution < 1.29 is 51.1 Å². The summed E-state index contributed by atoms with van der Waals surface area (Å²) in [6, 6.07) is 15.9. The van der Waals surface area contributed by atoms with E-state index in [0.29, 0.717) is 71.7 Å². The minimum atomic E-state index is -4.41. The third kappa shape index (κ3) is 10.5. The van der Waals surface area contributed by atoms with E-state index in [1.54, 1.807) is 36.4 Å². The molecule has 1 N–H and O–H groups in total. The number of ether oxygens (including phenoxy) is 5. The molecule has 0 radical (unpaired) electrons. The Bertz CT molecular complexity index is 2590. The van der Waals surface area contributed by atoms with E-state index >= 15 is 0 Å². The van der Waals surface area contributed by atoms with Gasteiger partial charge in [-0.25, -0.2) is 24.1 Å². The van der Waals surface area contributed by atoms with Crippen LogP contribution in [-0.4, -0.2) is 112 Å². The van der Waals surface area contributed by atoms with Crippen molar-refractivity contribution in [2.75, 3.05) is 53.0 Å². The maximum Gasteiger partial charge on any atom is 0.392 e. The molecule has 3 aliphatic heterocycles. The highest BCUT2D eigenvalue weighted by molar-refractivity contribution is 7.22. The molecule has 3 aromatic carbocycles. The molecule has 1 fully saturated rings. The normalized spacial score (nSPS) is 17.4. The van der Waals surface area contributed by atoms with Gasteiger partial charge >= 0.3 is 18.2 Å². The second-order valence-corrected chi connectivity index (χ2v) is 16.5. The lowest BCUT2D eigenvalue weighted by molar-refractivity contribution is -0.145. The van der Waals surface area contributed by atoms with E-state index in [9.17, 15) is 27.5 Å². The van der Waals surface area contributed by atoms with Crippen molar-refractivity contribution in [1.82, 2.24) is 29.7 Å². The number of nitrogens with zero attached hydrogens (tertiary/aromatic N) is 6. The average molecular weight is 909 g/mol. The second-order valence-electron chi connectivity index (χ2n) is 15.1. The number of carboxylic acids is 1. The van der Waals surface area contributed by atoms with Gasteiger partial charge in [-0.1, -0.05) is 29.8 Å². The average Bonchev–Trinajstić information content (AvgIpc) is 3.64. The van der Waals surface area contributed by atoms with Crippen LogP contribution in [0.2, 0.25) is 5.02 Å². The summed E-state index contributed by atoms with van der Waals surface area (Å²) < 4.78 is 83.1. The van der Waals surface area contributed by atoms with Crippen LogP contribution >= 0.6 is 22.9 Å². The van der Waals surface area contributed by atoms with Crippen molar-refractivity contribution in [3.8, 4) is 50.7 Å². The minimum Gasteiger partial charge on any atom is -0.490 e. The standard InChI is InChI=1S/C44H41ClF4N6O7S/c1-25-32-8-10-34(38(25)45)61-31(21-55-16-14-54(2)15-17-55)23-59-30-7-9-33(60-22-29-11-13-50-43(53-29)58-18-12-44(47,48)49)27(19-30)20-35(42(56)57)62-40-37-36(32)39(63-41(37)52-24-51-40)26-3-5-28(46)6-4-26/h3-11,13,19,24,31,35H,12,14-18,20-23H2,1-2H3,(H,56,57)/t31?,35-/m1/s1. The highest BCUT2D eigenvalue weighted by Gasteiger charge is 2.30. The number of fused-ring (bicyclic) bond motifs is 7. The minimum absolute atomic E-state index is 0.00618. The van der Waals surface area contributed by atoms with Crippen LogP contribution < -0.4 is 23.7 Å². The lowest BCUT2D eigenvalue weighted by Crippen LogP contribution is -2.49. The summed E-state index contributed by atoms with van der Waals surface area (Å²) in [6.07, 6.45) is -5.20. The third-order valence-corrected chi connectivity index (χ3v) is 12.2. The van der Waals surface area contributed by atoms with Crippen LogP contribution in [0.1, 0.15) is 23.2 Å². The monoisotopic (exact) mass is 908 g/mol. The summed E-state index contributed by atoms with van der Waals surface area (Å²) in [4.78, 5) is 36.0. The van der Waals surface area contributed by atoms with Gasteiger partial charge in [0.15, 0.2) is 0 Å². The smallest absolute Gasteiger partial charge is 0.392 e. The fraction of sp³-hybridized carbons (Fsp3) is 0.341. The second kappa shape index (κ2) is 18.9. The Morgan fingerprint density at radius 3 is 2.56 bits per heavy atom. The molecule has 9 rings (SSSR count). The van der Waals surface area contributed by atoms with Gasteiger partial charge in [0.05, 0.1) is 22.5 Å². The van der Waals surface area contributed by atoms with Crippen LogP contribution in [0.25, 0.3) is 31.8 Å². The predicted octanol–water partition coefficient (Wildman–Crippen LogP) is 8.29. The zero-order chi connectivity index (χ0) is 44.3. The Hall–Kier alpha value is -5.82. The van der Waals surface area contributed by atoms with E-state index in [-0.39, 0.29) is 37.3 Å². The lowest BCUT2D eigenvalue weighted by atomic mass is 9.96. The molecule has 1 unspecified atom stereocenters. The van der Waals surface area contributed by atoms with Crippen molar-refractivity contribution in [2.24, 2.45) is 0 Å². The molecule has 3 aliphatic rings. The van der Waals surface area contributed by atoms with Gasteiger partial charge in [-0.05, 0) is 73.1 Å². The molecule has 0 saturated carbocycles. The van der Waals surface area contributed by atoms with Crippen LogP contribution in [0, 0.1) is 12.7 Å². The number of rotatable bonds is 10. The quantitative estimate of drug-likeness (QED) is 0.132. The molecule has 6 aromatic rings. The molecule has 4 bridgehead atoms. The largest absolute Gasteiger partial charge is 0.490 e. The molecule has 6 heterocycles. The zero-order valence-corrected chi connectivity index (χ0v) is 35.6. The van der Waals surface area contributed by atoms with Crippen molar-refractivity contribution >= 4 is 39.1 Å². The number of carboxylic acid groups (broad SMARTS) is 1. The molecular weight excluding hydrogens is 868 g/mol. The zero-order valence-electron chi connectivity index (χ0n) is 34.0. The van der Waals surface area contributed by atoms with Crippen molar-refractivity contribution in [2.45, 2.75) is 44.8 Å². The van der Waals surface area contributed by atoms with Gasteiger partial charge in [0, 0.05) is 61.3 Å². The summed E-state index contributed by atoms with van der Waals surface area (Å²) in [5, 5.41) is 11.5. The summed E-state index contributed by atoms with van der Waals surface area (Å²) in [5.74, 6) is -0.616. The molecule has 2 atom stereocenters. The number of alkyl halides is 3. The van der Waals surface area contributed by atoms with Gasteiger partial charge in [0.1, 0.15) is 60.1 Å². The van der Waals surface area contributed by atoms with E-state index in [4.69, 9.17) is 35.3 Å². The SMILES string of the molecule is Cc1c2ccc(c1Cl)OC(CN1CCN(C)CC1)COc1ccc(OCc3ccnc(OCCC(F)(F)F)n3)c(c1)C[C@H](C(=O)O)Oc1ncnc3sc(-c4ccc(F)cc4)c-2c13. The van der Waals surface area contributed by atoms with E-state index in [2.05, 4.69) is 36.8 Å². The number of halogens is 5. The number of hydrogen-bond acceptors (Lipinski definition) is 13. The van der Waals surface area contributed by atoms with Crippen LogP contribution in [0.4, 0.5) is 17.6 Å². The third-order valence-electron chi connectivity index (χ3n) is 10.6. The van der Waals surface area contributed by atoms with E-state index < -0.39 is 43.2 Å². The molecule has 19 heteroatoms. The first-order chi connectivity index (χ1) is 30.3. The molecule has 63 heavy (non-hydrogen) atoms. The number of carbonyl (C=O) groups is 1. The molecule has 330 valence electrons. The summed E-state index contributed by atoms with van der Waals surface area (Å²) in [7, 11) is 2.08. The van der Waals surface area contributed by atoms with Gasteiger partial charge in [0.25, 0.3) is 0 Å². The van der Waals surface area contributed by atoms with Gasteiger partial charge in [-0.2, -0.15) is 18.2 Å². The van der Waals surface area contributed by atoms with Gasteiger partial charge in [0.2, 0.25) is 12.0 Å². The summed E-state index contributed by atoms with van der Waals surface area (Å²) in [5.41, 5.74) is 3.34. The summed E-state index contributed by atoms with van der Waals surface area (Å²) >= 11 is 8.49. The Morgan fingerprint density at radius 1 is 1.00 bits per heavy atom. The van der Waals surface area contributed by atoms with Crippen molar-refractivity contribution in [3.05, 3.63) is 101 Å². The lowest BCUT2D eigenvalue weighted by Gasteiger charge is -2.34. The van der Waals surface area contributed by atoms with Crippen molar-refractivity contribution in [1.29, 1.82) is 0 Å². The number of benzene rings is 3. The van der Waals surface area contributed by atoms with Gasteiger partial charge in [-0.3, -0.25) is 4.90 Å². The molecule has 13 nitrogen and oxygen atoms in total. The molecule has 0 amide bonds. The van der Waals surface area contributed by atoms with Crippen LogP contribution in [-0.2, 0) is 17.8 Å². The Balaban J connectivity index is 1.20. The predicted molar refractivity (Wildman–Crippen MR) is 227 cm³/mol. The van der Waals surface area contributed by atoms with Crippen molar-refractivity contribution in [3.63, 3.8) is 0 Å². The first-order valence-electron chi connectivity index (χ1n) is 20.0. The molecule has 1 saturated heterocycles. The van der Waals surface area contributed by atoms with Crippen LogP contribution in [0.15, 0.2) is 73.2 Å². The fourth-order valence-corrected chi connectivity index (χ4v) is 8.65. The van der Waals surface area contributed by atoms with Crippen LogP contribution in [0.3, 0.4) is 0 Å². The Labute approximate surface area is 368 Å². The first kappa shape index (κ1) is 43.8. The van der Waals surface area contributed by atoms with Crippen LogP contribution in [0.5, 0.6) is 29.1 Å². The maximum absolute atomic E-state index is 14.2. The van der Waals surface area contributed by atoms with E-state index in [0.717, 1.165) is 26.2 Å². The number of hydrogen-bond donors (Lipinski definition) is 1. The van der Waals surface area contributed by atoms with Gasteiger partial charge in [-0.15, -0.1) is 11.3 Å². The Kier molecular flexibility index (Phi) is 13.1. The highest BCUT2D eigenvalue weighted by Crippen LogP contribution is 2.49. The highest BCUT2D eigenvalue weighted by atomic mass is 35.5.